The lowest BCUT2D eigenvalue weighted by Gasteiger charge is -2.09. The van der Waals surface area contributed by atoms with Crippen molar-refractivity contribution >= 4 is 11.4 Å². The van der Waals surface area contributed by atoms with E-state index in [0.29, 0.717) is 17.1 Å². The van der Waals surface area contributed by atoms with Gasteiger partial charge in [0, 0.05) is 12.3 Å². The molecule has 1 heterocycles. The summed E-state index contributed by atoms with van der Waals surface area (Å²) in [7, 11) is 3.11. The number of rotatable bonds is 5. The van der Waals surface area contributed by atoms with Gasteiger partial charge in [0.15, 0.2) is 5.78 Å². The molecule has 1 aromatic carbocycles. The molecular formula is C18H19NO3. The number of carbonyl (C=O) groups is 1. The van der Waals surface area contributed by atoms with Crippen LogP contribution in [-0.2, 0) is 0 Å². The number of hydrogen-bond donors (Lipinski definition) is 0. The minimum absolute atomic E-state index is 0.123. The normalized spacial score (nSPS) is 11.2. The standard InChI is InChI=1S/C18H19NO3/c1-12-6-5-9-19-18(12)13(2)10-16(20)15-8-7-14(21-3)11-17(15)22-4/h5-11H,1-4H3/b13-10+. The maximum atomic E-state index is 12.5. The average Bonchev–Trinajstić information content (AvgIpc) is 2.54. The van der Waals surface area contributed by atoms with E-state index in [1.165, 1.54) is 7.11 Å². The van der Waals surface area contributed by atoms with Gasteiger partial charge < -0.3 is 9.47 Å². The van der Waals surface area contributed by atoms with Gasteiger partial charge >= 0.3 is 0 Å². The van der Waals surface area contributed by atoms with Gasteiger partial charge in [0.1, 0.15) is 11.5 Å². The number of methoxy groups -OCH3 is 2. The van der Waals surface area contributed by atoms with Gasteiger partial charge in [-0.05, 0) is 49.3 Å². The van der Waals surface area contributed by atoms with Crippen LogP contribution in [0.4, 0.5) is 0 Å². The van der Waals surface area contributed by atoms with Crippen molar-refractivity contribution in [1.82, 2.24) is 4.98 Å². The van der Waals surface area contributed by atoms with E-state index >= 15 is 0 Å². The van der Waals surface area contributed by atoms with Crippen LogP contribution in [0.15, 0.2) is 42.6 Å². The molecule has 22 heavy (non-hydrogen) atoms. The van der Waals surface area contributed by atoms with E-state index in [1.54, 1.807) is 37.6 Å². The number of carbonyl (C=O) groups excluding carboxylic acids is 1. The minimum Gasteiger partial charge on any atom is -0.497 e. The van der Waals surface area contributed by atoms with Crippen LogP contribution in [0.1, 0.15) is 28.5 Å². The first-order valence-corrected chi connectivity index (χ1v) is 6.93. The molecule has 0 fully saturated rings. The predicted molar refractivity (Wildman–Crippen MR) is 86.5 cm³/mol. The second-order valence-electron chi connectivity index (χ2n) is 4.93. The Morgan fingerprint density at radius 3 is 2.59 bits per heavy atom. The van der Waals surface area contributed by atoms with Crippen molar-refractivity contribution in [3.8, 4) is 11.5 Å². The first kappa shape index (κ1) is 15.8. The van der Waals surface area contributed by atoms with E-state index in [9.17, 15) is 4.79 Å². The van der Waals surface area contributed by atoms with Crippen molar-refractivity contribution in [1.29, 1.82) is 0 Å². The molecule has 0 saturated heterocycles. The third-order valence-electron chi connectivity index (χ3n) is 3.40. The first-order valence-electron chi connectivity index (χ1n) is 6.93. The minimum atomic E-state index is -0.123. The number of aromatic nitrogens is 1. The highest BCUT2D eigenvalue weighted by Crippen LogP contribution is 2.26. The predicted octanol–water partition coefficient (Wildman–Crippen LogP) is 3.69. The van der Waals surface area contributed by atoms with Crippen molar-refractivity contribution in [2.24, 2.45) is 0 Å². The average molecular weight is 297 g/mol. The Hall–Kier alpha value is -2.62. The lowest BCUT2D eigenvalue weighted by molar-refractivity contribution is 0.104. The number of ketones is 1. The Kier molecular flexibility index (Phi) is 4.94. The Bertz CT molecular complexity index is 720. The molecule has 0 radical (unpaired) electrons. The van der Waals surface area contributed by atoms with Crippen molar-refractivity contribution in [3.05, 3.63) is 59.4 Å². The smallest absolute Gasteiger partial charge is 0.189 e. The van der Waals surface area contributed by atoms with Gasteiger partial charge in [-0.25, -0.2) is 0 Å². The fourth-order valence-corrected chi connectivity index (χ4v) is 2.24. The summed E-state index contributed by atoms with van der Waals surface area (Å²) >= 11 is 0. The van der Waals surface area contributed by atoms with Gasteiger partial charge in [-0.3, -0.25) is 9.78 Å². The van der Waals surface area contributed by atoms with Crippen molar-refractivity contribution in [2.75, 3.05) is 14.2 Å². The Balaban J connectivity index is 2.36. The zero-order chi connectivity index (χ0) is 16.1. The van der Waals surface area contributed by atoms with Gasteiger partial charge in [0.2, 0.25) is 0 Å². The van der Waals surface area contributed by atoms with Crippen LogP contribution in [0.3, 0.4) is 0 Å². The summed E-state index contributed by atoms with van der Waals surface area (Å²) in [4.78, 5) is 16.8. The molecule has 4 nitrogen and oxygen atoms in total. The molecule has 0 aliphatic heterocycles. The van der Waals surface area contributed by atoms with E-state index in [-0.39, 0.29) is 5.78 Å². The Labute approximate surface area is 130 Å². The van der Waals surface area contributed by atoms with Gasteiger partial charge in [-0.15, -0.1) is 0 Å². The molecule has 0 amide bonds. The monoisotopic (exact) mass is 297 g/mol. The number of benzene rings is 1. The quantitative estimate of drug-likeness (QED) is 0.624. The molecule has 0 N–H and O–H groups in total. The molecule has 0 aliphatic rings. The molecule has 0 bridgehead atoms. The highest BCUT2D eigenvalue weighted by Gasteiger charge is 2.12. The fourth-order valence-electron chi connectivity index (χ4n) is 2.24. The molecule has 0 unspecified atom stereocenters. The topological polar surface area (TPSA) is 48.4 Å². The molecule has 2 aromatic rings. The van der Waals surface area contributed by atoms with E-state index in [0.717, 1.165) is 16.8 Å². The molecule has 0 atom stereocenters. The fraction of sp³-hybridized carbons (Fsp3) is 0.222. The second-order valence-corrected chi connectivity index (χ2v) is 4.93. The summed E-state index contributed by atoms with van der Waals surface area (Å²) in [5.41, 5.74) is 3.17. The zero-order valence-corrected chi connectivity index (χ0v) is 13.2. The molecule has 0 aliphatic carbocycles. The number of allylic oxidation sites excluding steroid dienone is 2. The lowest BCUT2D eigenvalue weighted by Crippen LogP contribution is -2.01. The van der Waals surface area contributed by atoms with Crippen molar-refractivity contribution in [2.45, 2.75) is 13.8 Å². The molecule has 114 valence electrons. The molecule has 2 rings (SSSR count). The SMILES string of the molecule is COc1ccc(C(=O)/C=C(\C)c2ncccc2C)c(OC)c1. The molecule has 0 spiro atoms. The van der Waals surface area contributed by atoms with Crippen LogP contribution < -0.4 is 9.47 Å². The first-order chi connectivity index (χ1) is 10.6. The molecular weight excluding hydrogens is 278 g/mol. The molecule has 4 heteroatoms. The zero-order valence-electron chi connectivity index (χ0n) is 13.2. The van der Waals surface area contributed by atoms with Gasteiger partial charge in [0.05, 0.1) is 25.5 Å². The summed E-state index contributed by atoms with van der Waals surface area (Å²) in [6.45, 7) is 3.85. The van der Waals surface area contributed by atoms with E-state index < -0.39 is 0 Å². The van der Waals surface area contributed by atoms with Gasteiger partial charge in [-0.1, -0.05) is 6.07 Å². The number of aryl methyl sites for hydroxylation is 1. The highest BCUT2D eigenvalue weighted by molar-refractivity contribution is 6.10. The number of pyridine rings is 1. The summed E-state index contributed by atoms with van der Waals surface area (Å²) in [5.74, 6) is 1.02. The Morgan fingerprint density at radius 2 is 1.95 bits per heavy atom. The summed E-state index contributed by atoms with van der Waals surface area (Å²) in [5, 5.41) is 0. The summed E-state index contributed by atoms with van der Waals surface area (Å²) in [6.07, 6.45) is 3.30. The second kappa shape index (κ2) is 6.89. The third kappa shape index (κ3) is 3.34. The van der Waals surface area contributed by atoms with E-state index in [2.05, 4.69) is 4.98 Å². The van der Waals surface area contributed by atoms with E-state index in [1.807, 2.05) is 26.0 Å². The van der Waals surface area contributed by atoms with Gasteiger partial charge in [-0.2, -0.15) is 0 Å². The molecule has 1 aromatic heterocycles. The number of hydrogen-bond acceptors (Lipinski definition) is 4. The van der Waals surface area contributed by atoms with E-state index in [4.69, 9.17) is 9.47 Å². The number of nitrogens with zero attached hydrogens (tertiary/aromatic N) is 1. The highest BCUT2D eigenvalue weighted by atomic mass is 16.5. The van der Waals surface area contributed by atoms with Crippen LogP contribution in [-0.4, -0.2) is 25.0 Å². The summed E-state index contributed by atoms with van der Waals surface area (Å²) in [6, 6.07) is 8.99. The third-order valence-corrected chi connectivity index (χ3v) is 3.40. The Morgan fingerprint density at radius 1 is 1.18 bits per heavy atom. The maximum absolute atomic E-state index is 12.5. The summed E-state index contributed by atoms with van der Waals surface area (Å²) < 4.78 is 10.4. The number of ether oxygens (including phenoxy) is 2. The lowest BCUT2D eigenvalue weighted by atomic mass is 10.0. The van der Waals surface area contributed by atoms with Crippen LogP contribution >= 0.6 is 0 Å². The van der Waals surface area contributed by atoms with Crippen LogP contribution in [0.2, 0.25) is 0 Å². The largest absolute Gasteiger partial charge is 0.497 e. The van der Waals surface area contributed by atoms with Crippen molar-refractivity contribution in [3.63, 3.8) is 0 Å². The van der Waals surface area contributed by atoms with Crippen LogP contribution in [0.25, 0.3) is 5.57 Å². The van der Waals surface area contributed by atoms with Gasteiger partial charge in [0.25, 0.3) is 0 Å². The maximum Gasteiger partial charge on any atom is 0.189 e. The van der Waals surface area contributed by atoms with Crippen LogP contribution in [0.5, 0.6) is 11.5 Å². The molecule has 0 saturated carbocycles. The van der Waals surface area contributed by atoms with Crippen molar-refractivity contribution < 1.29 is 14.3 Å². The van der Waals surface area contributed by atoms with Crippen LogP contribution in [0, 0.1) is 6.92 Å².